The molecule has 0 aromatic heterocycles. The number of fused-ring (bicyclic) bond motifs is 1. The molecular formula is C15H16F2N2O4. The molecule has 0 saturated carbocycles. The van der Waals surface area contributed by atoms with Crippen LogP contribution in [0.4, 0.5) is 8.78 Å². The lowest BCUT2D eigenvalue weighted by Crippen LogP contribution is -2.45. The number of benzene rings is 1. The van der Waals surface area contributed by atoms with Crippen LogP contribution < -0.4 is 20.1 Å². The van der Waals surface area contributed by atoms with Gasteiger partial charge in [-0.05, 0) is 17.7 Å². The van der Waals surface area contributed by atoms with E-state index in [0.29, 0.717) is 37.2 Å². The Kier molecular flexibility index (Phi) is 3.83. The second kappa shape index (κ2) is 5.68. The number of amides is 2. The topological polar surface area (TPSA) is 76.7 Å². The van der Waals surface area contributed by atoms with Crippen LogP contribution in [0.2, 0.25) is 0 Å². The minimum absolute atomic E-state index is 0.0546. The highest BCUT2D eigenvalue weighted by molar-refractivity contribution is 5.86. The van der Waals surface area contributed by atoms with Crippen molar-refractivity contribution < 1.29 is 27.8 Å². The quantitative estimate of drug-likeness (QED) is 0.874. The molecule has 8 heteroatoms. The van der Waals surface area contributed by atoms with Crippen LogP contribution in [0.1, 0.15) is 24.9 Å². The monoisotopic (exact) mass is 326 g/mol. The van der Waals surface area contributed by atoms with Gasteiger partial charge in [-0.3, -0.25) is 9.59 Å². The molecule has 1 aromatic rings. The van der Waals surface area contributed by atoms with Gasteiger partial charge in [0.2, 0.25) is 5.91 Å². The highest BCUT2D eigenvalue weighted by Crippen LogP contribution is 2.35. The number of carbonyl (C=O) groups excluding carboxylic acids is 2. The average Bonchev–Trinajstić information content (AvgIpc) is 2.86. The Labute approximate surface area is 131 Å². The average molecular weight is 326 g/mol. The molecule has 124 valence electrons. The molecule has 6 nitrogen and oxygen atoms in total. The zero-order chi connectivity index (χ0) is 16.6. The van der Waals surface area contributed by atoms with E-state index in [-0.39, 0.29) is 12.3 Å². The summed E-state index contributed by atoms with van der Waals surface area (Å²) in [5, 5.41) is 4.92. The zero-order valence-corrected chi connectivity index (χ0v) is 12.4. The van der Waals surface area contributed by atoms with Crippen molar-refractivity contribution in [2.75, 3.05) is 13.2 Å². The largest absolute Gasteiger partial charge is 0.486 e. The van der Waals surface area contributed by atoms with Crippen LogP contribution in [-0.2, 0) is 9.59 Å². The summed E-state index contributed by atoms with van der Waals surface area (Å²) in [4.78, 5) is 23.1. The summed E-state index contributed by atoms with van der Waals surface area (Å²) >= 11 is 0. The fraction of sp³-hybridized carbons (Fsp3) is 0.467. The van der Waals surface area contributed by atoms with Gasteiger partial charge in [0.15, 0.2) is 11.5 Å². The molecule has 2 amide bonds. The Morgan fingerprint density at radius 1 is 1.30 bits per heavy atom. The third-order valence-corrected chi connectivity index (χ3v) is 3.76. The SMILES string of the molecule is CC(F)(F)C(=O)NC1CC(=O)NC1c1ccc2c(c1)OCCO2. The molecule has 1 aromatic carbocycles. The third-order valence-electron chi connectivity index (χ3n) is 3.76. The van der Waals surface area contributed by atoms with Crippen molar-refractivity contribution in [3.63, 3.8) is 0 Å². The molecule has 0 aliphatic carbocycles. The normalized spacial score (nSPS) is 23.3. The number of hydrogen-bond acceptors (Lipinski definition) is 4. The minimum atomic E-state index is -3.50. The highest BCUT2D eigenvalue weighted by Gasteiger charge is 2.40. The highest BCUT2D eigenvalue weighted by atomic mass is 19.3. The predicted octanol–water partition coefficient (Wildman–Crippen LogP) is 1.16. The summed E-state index contributed by atoms with van der Waals surface area (Å²) in [6, 6.07) is 3.76. The Morgan fingerprint density at radius 2 is 2.00 bits per heavy atom. The lowest BCUT2D eigenvalue weighted by molar-refractivity contribution is -0.143. The maximum Gasteiger partial charge on any atom is 0.321 e. The number of rotatable bonds is 3. The van der Waals surface area contributed by atoms with E-state index >= 15 is 0 Å². The van der Waals surface area contributed by atoms with Crippen LogP contribution >= 0.6 is 0 Å². The first-order valence-electron chi connectivity index (χ1n) is 7.22. The maximum atomic E-state index is 13.1. The van der Waals surface area contributed by atoms with Crippen molar-refractivity contribution in [3.05, 3.63) is 23.8 Å². The molecule has 0 spiro atoms. The molecular weight excluding hydrogens is 310 g/mol. The lowest BCUT2D eigenvalue weighted by atomic mass is 10.00. The van der Waals surface area contributed by atoms with Crippen molar-refractivity contribution in [2.45, 2.75) is 31.4 Å². The van der Waals surface area contributed by atoms with Gasteiger partial charge in [-0.1, -0.05) is 6.07 Å². The molecule has 2 N–H and O–H groups in total. The van der Waals surface area contributed by atoms with Crippen LogP contribution in [0.3, 0.4) is 0 Å². The van der Waals surface area contributed by atoms with E-state index in [1.54, 1.807) is 18.2 Å². The van der Waals surface area contributed by atoms with E-state index in [1.807, 2.05) is 0 Å². The molecule has 23 heavy (non-hydrogen) atoms. The predicted molar refractivity (Wildman–Crippen MR) is 75.5 cm³/mol. The van der Waals surface area contributed by atoms with Crippen molar-refractivity contribution in [3.8, 4) is 11.5 Å². The molecule has 0 bridgehead atoms. The maximum absolute atomic E-state index is 13.1. The third kappa shape index (κ3) is 3.20. The summed E-state index contributed by atoms with van der Waals surface area (Å²) in [7, 11) is 0. The van der Waals surface area contributed by atoms with Crippen LogP contribution in [0, 0.1) is 0 Å². The van der Waals surface area contributed by atoms with E-state index in [0.717, 1.165) is 0 Å². The Morgan fingerprint density at radius 3 is 2.70 bits per heavy atom. The second-order valence-electron chi connectivity index (χ2n) is 5.62. The molecule has 2 heterocycles. The molecule has 3 rings (SSSR count). The van der Waals surface area contributed by atoms with Crippen molar-refractivity contribution >= 4 is 11.8 Å². The summed E-state index contributed by atoms with van der Waals surface area (Å²) in [6.45, 7) is 1.39. The van der Waals surface area contributed by atoms with Crippen LogP contribution in [0.15, 0.2) is 18.2 Å². The van der Waals surface area contributed by atoms with Gasteiger partial charge in [0.1, 0.15) is 13.2 Å². The number of alkyl halides is 2. The summed E-state index contributed by atoms with van der Waals surface area (Å²) < 4.78 is 37.0. The molecule has 1 saturated heterocycles. The number of halogens is 2. The van der Waals surface area contributed by atoms with E-state index in [1.165, 1.54) is 0 Å². The molecule has 2 aliphatic rings. The van der Waals surface area contributed by atoms with Gasteiger partial charge < -0.3 is 20.1 Å². The van der Waals surface area contributed by atoms with E-state index < -0.39 is 23.9 Å². The van der Waals surface area contributed by atoms with Gasteiger partial charge in [0.05, 0.1) is 12.1 Å². The number of nitrogens with one attached hydrogen (secondary N) is 2. The van der Waals surface area contributed by atoms with Gasteiger partial charge in [0, 0.05) is 13.3 Å². The first-order valence-corrected chi connectivity index (χ1v) is 7.22. The molecule has 2 atom stereocenters. The summed E-state index contributed by atoms with van der Waals surface area (Å²) in [6.07, 6.45) is -0.0546. The van der Waals surface area contributed by atoms with Crippen LogP contribution in [-0.4, -0.2) is 37.0 Å². The van der Waals surface area contributed by atoms with E-state index in [9.17, 15) is 18.4 Å². The van der Waals surface area contributed by atoms with E-state index in [4.69, 9.17) is 9.47 Å². The fourth-order valence-corrected chi connectivity index (χ4v) is 2.65. The molecule has 2 unspecified atom stereocenters. The van der Waals surface area contributed by atoms with Gasteiger partial charge in [0.25, 0.3) is 5.91 Å². The zero-order valence-electron chi connectivity index (χ0n) is 12.4. The Hall–Kier alpha value is -2.38. The van der Waals surface area contributed by atoms with Crippen molar-refractivity contribution in [1.29, 1.82) is 0 Å². The van der Waals surface area contributed by atoms with Gasteiger partial charge in [-0.15, -0.1) is 0 Å². The van der Waals surface area contributed by atoms with Crippen molar-refractivity contribution in [1.82, 2.24) is 10.6 Å². The molecule has 1 fully saturated rings. The Balaban J connectivity index is 1.82. The van der Waals surface area contributed by atoms with E-state index in [2.05, 4.69) is 10.6 Å². The lowest BCUT2D eigenvalue weighted by Gasteiger charge is -2.24. The summed E-state index contributed by atoms with van der Waals surface area (Å²) in [5.41, 5.74) is 0.657. The van der Waals surface area contributed by atoms with Gasteiger partial charge in [-0.25, -0.2) is 0 Å². The first kappa shape index (κ1) is 15.5. The number of hydrogen-bond donors (Lipinski definition) is 2. The smallest absolute Gasteiger partial charge is 0.321 e. The molecule has 0 radical (unpaired) electrons. The summed E-state index contributed by atoms with van der Waals surface area (Å²) in [5.74, 6) is -4.09. The molecule has 2 aliphatic heterocycles. The van der Waals surface area contributed by atoms with Gasteiger partial charge in [-0.2, -0.15) is 8.78 Å². The standard InChI is InChI=1S/C15H16F2N2O4/c1-15(16,17)14(21)18-9-7-12(20)19-13(9)8-2-3-10-11(6-8)23-5-4-22-10/h2-3,6,9,13H,4-5,7H2,1H3,(H,18,21)(H,19,20). The second-order valence-corrected chi connectivity index (χ2v) is 5.62. The number of ether oxygens (including phenoxy) is 2. The fourth-order valence-electron chi connectivity index (χ4n) is 2.65. The Bertz CT molecular complexity index is 645. The van der Waals surface area contributed by atoms with Crippen LogP contribution in [0.25, 0.3) is 0 Å². The van der Waals surface area contributed by atoms with Gasteiger partial charge >= 0.3 is 5.92 Å². The first-order chi connectivity index (χ1) is 10.8. The van der Waals surface area contributed by atoms with Crippen molar-refractivity contribution in [2.24, 2.45) is 0 Å². The van der Waals surface area contributed by atoms with Crippen LogP contribution in [0.5, 0.6) is 11.5 Å². The number of carbonyl (C=O) groups is 2. The minimum Gasteiger partial charge on any atom is -0.486 e.